The highest BCUT2D eigenvalue weighted by Crippen LogP contribution is 2.41. The Morgan fingerprint density at radius 1 is 0.939 bits per heavy atom. The number of ether oxygens (including phenoxy) is 1. The van der Waals surface area contributed by atoms with Gasteiger partial charge in [0.15, 0.2) is 0 Å². The summed E-state index contributed by atoms with van der Waals surface area (Å²) in [6.45, 7) is 0.576. The molecule has 33 heavy (non-hydrogen) atoms. The summed E-state index contributed by atoms with van der Waals surface area (Å²) in [7, 11) is 0. The van der Waals surface area contributed by atoms with Crippen molar-refractivity contribution in [3.8, 4) is 11.3 Å². The zero-order valence-electron chi connectivity index (χ0n) is 17.0. The third kappa shape index (κ3) is 5.14. The van der Waals surface area contributed by atoms with Crippen molar-refractivity contribution in [2.24, 2.45) is 0 Å². The van der Waals surface area contributed by atoms with E-state index in [0.29, 0.717) is 12.3 Å². The lowest BCUT2D eigenvalue weighted by Crippen LogP contribution is -2.59. The fraction of sp³-hybridized carbons (Fsp3) is 0.476. The van der Waals surface area contributed by atoms with Crippen LogP contribution in [0.3, 0.4) is 0 Å². The minimum absolute atomic E-state index is 0.0826. The summed E-state index contributed by atoms with van der Waals surface area (Å²) < 4.78 is 85.2. The van der Waals surface area contributed by atoms with Crippen LogP contribution in [0.4, 0.5) is 26.3 Å². The van der Waals surface area contributed by atoms with Gasteiger partial charge in [0.25, 0.3) is 0 Å². The van der Waals surface area contributed by atoms with Crippen molar-refractivity contribution in [3.05, 3.63) is 53.2 Å². The van der Waals surface area contributed by atoms with Gasteiger partial charge in [-0.15, -0.1) is 0 Å². The molecule has 2 aromatic rings. The van der Waals surface area contributed by atoms with Crippen LogP contribution in [0.5, 0.6) is 0 Å². The van der Waals surface area contributed by atoms with Gasteiger partial charge in [0, 0.05) is 17.7 Å². The van der Waals surface area contributed by atoms with E-state index in [1.807, 2.05) is 0 Å². The quantitative estimate of drug-likeness (QED) is 0.501. The third-order valence-corrected chi connectivity index (χ3v) is 5.66. The molecule has 12 heteroatoms. The largest absolute Gasteiger partial charge is 0.417 e. The number of alkyl halides is 6. The van der Waals surface area contributed by atoms with Crippen molar-refractivity contribution < 1.29 is 51.5 Å². The number of halogens is 6. The fourth-order valence-electron chi connectivity index (χ4n) is 3.81. The van der Waals surface area contributed by atoms with Crippen LogP contribution in [0.2, 0.25) is 0 Å². The Labute approximate surface area is 184 Å². The van der Waals surface area contributed by atoms with Gasteiger partial charge in [0.1, 0.15) is 24.4 Å². The smallest absolute Gasteiger partial charge is 0.394 e. The van der Waals surface area contributed by atoms with Crippen LogP contribution in [-0.4, -0.2) is 62.5 Å². The third-order valence-electron chi connectivity index (χ3n) is 5.66. The molecule has 6 nitrogen and oxygen atoms in total. The van der Waals surface area contributed by atoms with Crippen molar-refractivity contribution in [1.29, 1.82) is 0 Å². The van der Waals surface area contributed by atoms with Gasteiger partial charge in [-0.25, -0.2) is 0 Å². The van der Waals surface area contributed by atoms with Gasteiger partial charge < -0.3 is 25.2 Å². The topological polar surface area (TPSA) is 103 Å². The Hall–Kier alpha value is -2.25. The van der Waals surface area contributed by atoms with Crippen molar-refractivity contribution in [1.82, 2.24) is 4.98 Å². The Morgan fingerprint density at radius 2 is 1.61 bits per heavy atom. The highest BCUT2D eigenvalue weighted by molar-refractivity contribution is 5.62. The minimum Gasteiger partial charge on any atom is -0.394 e. The van der Waals surface area contributed by atoms with Crippen molar-refractivity contribution in [2.45, 2.75) is 55.7 Å². The number of aliphatic hydroxyl groups is 4. The Balaban J connectivity index is 1.99. The number of aromatic nitrogens is 1. The first kappa shape index (κ1) is 25.4. The fourth-order valence-corrected chi connectivity index (χ4v) is 3.81. The number of pyridine rings is 1. The van der Waals surface area contributed by atoms with Crippen LogP contribution >= 0.6 is 0 Å². The standard InChI is InChI=1S/C21H21F6NO5/c1-9(19-18(32)17(31)16(30)15(8-29)33-19)12-4-2-10(6-13(12)21(25,26)27)14-5-3-11(7-28-14)20(22,23)24/h2-7,9,15-19,29-32H,8H2,1H3/t9-,15-,16-,17+,18+,19-/m1/s1. The summed E-state index contributed by atoms with van der Waals surface area (Å²) in [6, 6.07) is 4.72. The molecule has 1 aromatic heterocycles. The van der Waals surface area contributed by atoms with E-state index >= 15 is 0 Å². The molecule has 0 radical (unpaired) electrons. The number of hydrogen-bond acceptors (Lipinski definition) is 6. The highest BCUT2D eigenvalue weighted by Gasteiger charge is 2.47. The first-order chi connectivity index (χ1) is 15.3. The van der Waals surface area contributed by atoms with Gasteiger partial charge in [-0.3, -0.25) is 4.98 Å². The number of aliphatic hydroxyl groups excluding tert-OH is 4. The van der Waals surface area contributed by atoms with Gasteiger partial charge in [-0.1, -0.05) is 19.1 Å². The van der Waals surface area contributed by atoms with E-state index < -0.39 is 66.5 Å². The second kappa shape index (κ2) is 9.18. The lowest BCUT2D eigenvalue weighted by atomic mass is 9.83. The van der Waals surface area contributed by atoms with E-state index in [4.69, 9.17) is 4.74 Å². The number of rotatable bonds is 4. The van der Waals surface area contributed by atoms with Crippen molar-refractivity contribution in [2.75, 3.05) is 6.61 Å². The van der Waals surface area contributed by atoms with E-state index in [1.54, 1.807) is 0 Å². The highest BCUT2D eigenvalue weighted by atomic mass is 19.4. The van der Waals surface area contributed by atoms with Crippen LogP contribution < -0.4 is 0 Å². The molecule has 0 amide bonds. The number of hydrogen-bond donors (Lipinski definition) is 4. The molecule has 1 aromatic carbocycles. The summed E-state index contributed by atoms with van der Waals surface area (Å²) in [5, 5.41) is 39.4. The Kier molecular flexibility index (Phi) is 7.06. The molecule has 1 saturated heterocycles. The molecule has 182 valence electrons. The van der Waals surface area contributed by atoms with Crippen LogP contribution in [0, 0.1) is 0 Å². The van der Waals surface area contributed by atoms with E-state index in [-0.39, 0.29) is 16.8 Å². The average molecular weight is 481 g/mol. The maximum Gasteiger partial charge on any atom is 0.417 e. The lowest BCUT2D eigenvalue weighted by Gasteiger charge is -2.42. The molecule has 1 aliphatic heterocycles. The summed E-state index contributed by atoms with van der Waals surface area (Å²) in [6.07, 6.45) is -16.8. The van der Waals surface area contributed by atoms with Gasteiger partial charge in [0.05, 0.1) is 29.5 Å². The van der Waals surface area contributed by atoms with Gasteiger partial charge in [-0.2, -0.15) is 26.3 Å². The zero-order valence-corrected chi connectivity index (χ0v) is 17.0. The molecule has 6 atom stereocenters. The van der Waals surface area contributed by atoms with E-state index in [1.165, 1.54) is 13.0 Å². The average Bonchev–Trinajstić information content (AvgIpc) is 2.76. The van der Waals surface area contributed by atoms with Gasteiger partial charge >= 0.3 is 12.4 Å². The molecule has 4 N–H and O–H groups in total. The Bertz CT molecular complexity index is 963. The molecule has 1 aliphatic rings. The zero-order chi connectivity index (χ0) is 24.7. The maximum absolute atomic E-state index is 13.9. The number of nitrogens with zero attached hydrogens (tertiary/aromatic N) is 1. The second-order valence-electron chi connectivity index (χ2n) is 7.81. The predicted octanol–water partition coefficient (Wildman–Crippen LogP) is 2.73. The molecular weight excluding hydrogens is 460 g/mol. The normalized spacial score (nSPS) is 27.4. The predicted molar refractivity (Wildman–Crippen MR) is 102 cm³/mol. The first-order valence-electron chi connectivity index (χ1n) is 9.81. The molecule has 1 fully saturated rings. The molecule has 3 rings (SSSR count). The van der Waals surface area contributed by atoms with Crippen LogP contribution in [0.25, 0.3) is 11.3 Å². The lowest BCUT2D eigenvalue weighted by molar-refractivity contribution is -0.233. The van der Waals surface area contributed by atoms with E-state index in [2.05, 4.69) is 4.98 Å². The van der Waals surface area contributed by atoms with Crippen LogP contribution in [0.1, 0.15) is 29.5 Å². The van der Waals surface area contributed by atoms with Gasteiger partial charge in [0.2, 0.25) is 0 Å². The SMILES string of the molecule is C[C@H](c1ccc(-c2ccc(C(F)(F)F)cn2)cc1C(F)(F)F)[C@H]1O[C@H](CO)[C@@H](O)[C@H](O)[C@@H]1O. The van der Waals surface area contributed by atoms with Crippen LogP contribution in [0.15, 0.2) is 36.5 Å². The number of benzene rings is 1. The monoisotopic (exact) mass is 481 g/mol. The van der Waals surface area contributed by atoms with Gasteiger partial charge in [-0.05, 0) is 23.8 Å². The summed E-state index contributed by atoms with van der Waals surface area (Å²) in [5.74, 6) is -1.15. The molecular formula is C21H21F6NO5. The molecule has 0 bridgehead atoms. The van der Waals surface area contributed by atoms with Crippen LogP contribution in [-0.2, 0) is 17.1 Å². The minimum atomic E-state index is -4.88. The molecule has 0 unspecified atom stereocenters. The molecule has 0 saturated carbocycles. The molecule has 0 spiro atoms. The first-order valence-corrected chi connectivity index (χ1v) is 9.81. The summed E-state index contributed by atoms with van der Waals surface area (Å²) >= 11 is 0. The maximum atomic E-state index is 13.9. The second-order valence-corrected chi connectivity index (χ2v) is 7.81. The van der Waals surface area contributed by atoms with Crippen molar-refractivity contribution in [3.63, 3.8) is 0 Å². The summed E-state index contributed by atoms with van der Waals surface area (Å²) in [4.78, 5) is 3.61. The van der Waals surface area contributed by atoms with E-state index in [0.717, 1.165) is 18.2 Å². The van der Waals surface area contributed by atoms with E-state index in [9.17, 15) is 46.8 Å². The molecule has 0 aliphatic carbocycles. The van der Waals surface area contributed by atoms with Crippen molar-refractivity contribution >= 4 is 0 Å². The molecule has 2 heterocycles. The summed E-state index contributed by atoms with van der Waals surface area (Å²) in [5.41, 5.74) is -2.69. The Morgan fingerprint density at radius 3 is 2.12 bits per heavy atom.